The molecule has 1 aliphatic heterocycles. The van der Waals surface area contributed by atoms with Crippen molar-refractivity contribution in [2.75, 3.05) is 19.7 Å². The van der Waals surface area contributed by atoms with Crippen molar-refractivity contribution < 1.29 is 9.13 Å². The third-order valence-electron chi connectivity index (χ3n) is 6.68. The monoisotopic (exact) mass is 382 g/mol. The van der Waals surface area contributed by atoms with Gasteiger partial charge in [-0.1, -0.05) is 37.1 Å². The van der Waals surface area contributed by atoms with Gasteiger partial charge in [-0.15, -0.1) is 0 Å². The predicted octanol–water partition coefficient (Wildman–Crippen LogP) is 4.80. The summed E-state index contributed by atoms with van der Waals surface area (Å²) in [5, 5.41) is 3.55. The number of hydrogen-bond donors (Lipinski definition) is 1. The third-order valence-corrected chi connectivity index (χ3v) is 6.68. The number of pyridine rings is 1. The van der Waals surface area contributed by atoms with E-state index >= 15 is 0 Å². The van der Waals surface area contributed by atoms with Crippen molar-refractivity contribution in [1.82, 2.24) is 10.3 Å². The van der Waals surface area contributed by atoms with E-state index in [9.17, 15) is 4.39 Å². The summed E-state index contributed by atoms with van der Waals surface area (Å²) in [6, 6.07) is 13.3. The van der Waals surface area contributed by atoms with Crippen LogP contribution < -0.4 is 5.32 Å². The first kappa shape index (κ1) is 19.5. The Bertz CT molecular complexity index is 760. The lowest BCUT2D eigenvalue weighted by Gasteiger charge is -2.46. The van der Waals surface area contributed by atoms with Crippen molar-refractivity contribution in [2.24, 2.45) is 0 Å². The fourth-order valence-corrected chi connectivity index (χ4v) is 5.17. The molecule has 0 amide bonds. The number of halogens is 1. The van der Waals surface area contributed by atoms with Gasteiger partial charge >= 0.3 is 0 Å². The quantitative estimate of drug-likeness (QED) is 0.698. The van der Waals surface area contributed by atoms with Crippen LogP contribution in [0, 0.1) is 5.82 Å². The molecule has 1 aromatic carbocycles. The number of hydrogen-bond acceptors (Lipinski definition) is 3. The standard InChI is InChI=1S/C24H31FN2O/c25-21-8-2-1-7-20(21)10-16-26-17-13-23(22-9-3-6-15-27-22)14-18-28-24(19-23)11-4-5-12-24/h1-3,6-9,15,26H,4-5,10-14,16-19H2. The molecular formula is C24H31FN2O. The Morgan fingerprint density at radius 2 is 1.82 bits per heavy atom. The van der Waals surface area contributed by atoms with E-state index in [4.69, 9.17) is 9.72 Å². The van der Waals surface area contributed by atoms with E-state index in [2.05, 4.69) is 17.4 Å². The molecule has 4 rings (SSSR count). The van der Waals surface area contributed by atoms with Crippen LogP contribution >= 0.6 is 0 Å². The summed E-state index contributed by atoms with van der Waals surface area (Å²) in [6.45, 7) is 2.54. The molecule has 1 N–H and O–H groups in total. The maximum atomic E-state index is 13.8. The van der Waals surface area contributed by atoms with Gasteiger partial charge in [0.25, 0.3) is 0 Å². The van der Waals surface area contributed by atoms with Gasteiger partial charge in [-0.25, -0.2) is 4.39 Å². The first-order valence-electron chi connectivity index (χ1n) is 10.7. The van der Waals surface area contributed by atoms with Crippen LogP contribution in [0.15, 0.2) is 48.7 Å². The second-order valence-electron chi connectivity index (χ2n) is 8.50. The van der Waals surface area contributed by atoms with Crippen LogP contribution in [0.5, 0.6) is 0 Å². The zero-order valence-electron chi connectivity index (χ0n) is 16.6. The molecule has 1 aliphatic carbocycles. The van der Waals surface area contributed by atoms with Crippen molar-refractivity contribution in [2.45, 2.75) is 62.4 Å². The molecule has 2 heterocycles. The molecule has 0 bridgehead atoms. The Labute approximate surface area is 167 Å². The smallest absolute Gasteiger partial charge is 0.126 e. The minimum absolute atomic E-state index is 0.0585. The molecule has 1 atom stereocenters. The molecule has 4 heteroatoms. The average Bonchev–Trinajstić information content (AvgIpc) is 3.17. The number of aromatic nitrogens is 1. The number of nitrogens with one attached hydrogen (secondary N) is 1. The van der Waals surface area contributed by atoms with Crippen LogP contribution in [0.3, 0.4) is 0 Å². The van der Waals surface area contributed by atoms with Crippen molar-refractivity contribution in [3.8, 4) is 0 Å². The third kappa shape index (κ3) is 4.28. The highest BCUT2D eigenvalue weighted by Crippen LogP contribution is 2.49. The van der Waals surface area contributed by atoms with E-state index in [0.717, 1.165) is 50.9 Å². The summed E-state index contributed by atoms with van der Waals surface area (Å²) in [4.78, 5) is 4.75. The van der Waals surface area contributed by atoms with Gasteiger partial charge < -0.3 is 10.1 Å². The van der Waals surface area contributed by atoms with Gasteiger partial charge in [-0.2, -0.15) is 0 Å². The van der Waals surface area contributed by atoms with E-state index in [1.807, 2.05) is 24.4 Å². The van der Waals surface area contributed by atoms with E-state index in [1.165, 1.54) is 37.4 Å². The van der Waals surface area contributed by atoms with Gasteiger partial charge in [0.15, 0.2) is 0 Å². The minimum atomic E-state index is -0.109. The molecule has 2 aliphatic rings. The van der Waals surface area contributed by atoms with Gasteiger partial charge in [0.1, 0.15) is 5.82 Å². The van der Waals surface area contributed by atoms with E-state index < -0.39 is 0 Å². The SMILES string of the molecule is Fc1ccccc1CCNCCC1(c2ccccn2)CCOC2(CCCC2)C1. The van der Waals surface area contributed by atoms with Crippen molar-refractivity contribution in [3.63, 3.8) is 0 Å². The molecule has 0 radical (unpaired) electrons. The fraction of sp³-hybridized carbons (Fsp3) is 0.542. The number of nitrogens with zero attached hydrogens (tertiary/aromatic N) is 1. The molecule has 1 aromatic heterocycles. The first-order chi connectivity index (χ1) is 13.7. The van der Waals surface area contributed by atoms with E-state index in [-0.39, 0.29) is 16.8 Å². The summed E-state index contributed by atoms with van der Waals surface area (Å²) >= 11 is 0. The molecule has 2 aromatic rings. The van der Waals surface area contributed by atoms with Gasteiger partial charge in [0.2, 0.25) is 0 Å². The topological polar surface area (TPSA) is 34.2 Å². The molecule has 28 heavy (non-hydrogen) atoms. The second-order valence-corrected chi connectivity index (χ2v) is 8.50. The summed E-state index contributed by atoms with van der Waals surface area (Å²) in [5.41, 5.74) is 2.13. The summed E-state index contributed by atoms with van der Waals surface area (Å²) in [5.74, 6) is -0.109. The maximum absolute atomic E-state index is 13.8. The van der Waals surface area contributed by atoms with Gasteiger partial charge in [0.05, 0.1) is 5.60 Å². The zero-order valence-corrected chi connectivity index (χ0v) is 16.6. The Kier molecular flexibility index (Phi) is 6.07. The lowest BCUT2D eigenvalue weighted by atomic mass is 9.68. The highest BCUT2D eigenvalue weighted by atomic mass is 19.1. The van der Waals surface area contributed by atoms with Gasteiger partial charge in [-0.05, 0) is 75.4 Å². The van der Waals surface area contributed by atoms with Crippen molar-refractivity contribution in [1.29, 1.82) is 0 Å². The lowest BCUT2D eigenvalue weighted by molar-refractivity contribution is -0.104. The Morgan fingerprint density at radius 1 is 1.00 bits per heavy atom. The van der Waals surface area contributed by atoms with Gasteiger partial charge in [-0.3, -0.25) is 4.98 Å². The Balaban J connectivity index is 1.40. The number of benzene rings is 1. The van der Waals surface area contributed by atoms with Crippen LogP contribution in [-0.4, -0.2) is 30.3 Å². The highest BCUT2D eigenvalue weighted by molar-refractivity contribution is 5.21. The molecular weight excluding hydrogens is 351 g/mol. The largest absolute Gasteiger partial charge is 0.375 e. The fourth-order valence-electron chi connectivity index (χ4n) is 5.17. The van der Waals surface area contributed by atoms with E-state index in [0.29, 0.717) is 0 Å². The molecule has 1 saturated heterocycles. The highest BCUT2D eigenvalue weighted by Gasteiger charge is 2.48. The predicted molar refractivity (Wildman–Crippen MR) is 110 cm³/mol. The Morgan fingerprint density at radius 3 is 2.61 bits per heavy atom. The molecule has 1 saturated carbocycles. The van der Waals surface area contributed by atoms with Crippen molar-refractivity contribution in [3.05, 3.63) is 65.7 Å². The molecule has 150 valence electrons. The van der Waals surface area contributed by atoms with Crippen LogP contribution in [0.4, 0.5) is 4.39 Å². The molecule has 3 nitrogen and oxygen atoms in total. The number of rotatable bonds is 7. The van der Waals surface area contributed by atoms with Gasteiger partial charge in [0, 0.05) is 23.9 Å². The maximum Gasteiger partial charge on any atom is 0.126 e. The van der Waals surface area contributed by atoms with Crippen LogP contribution in [0.2, 0.25) is 0 Å². The summed E-state index contributed by atoms with van der Waals surface area (Å²) < 4.78 is 20.1. The summed E-state index contributed by atoms with van der Waals surface area (Å²) in [6.07, 6.45) is 10.7. The van der Waals surface area contributed by atoms with Crippen LogP contribution in [0.25, 0.3) is 0 Å². The van der Waals surface area contributed by atoms with E-state index in [1.54, 1.807) is 6.07 Å². The lowest BCUT2D eigenvalue weighted by Crippen LogP contribution is -2.47. The van der Waals surface area contributed by atoms with Crippen LogP contribution in [-0.2, 0) is 16.6 Å². The zero-order chi connectivity index (χ0) is 19.3. The molecule has 1 unspecified atom stereocenters. The normalized spacial score (nSPS) is 23.9. The molecule has 1 spiro atoms. The minimum Gasteiger partial charge on any atom is -0.375 e. The molecule has 2 fully saturated rings. The Hall–Kier alpha value is -1.78. The van der Waals surface area contributed by atoms with Crippen LogP contribution in [0.1, 0.15) is 56.2 Å². The number of ether oxygens (including phenoxy) is 1. The second kappa shape index (κ2) is 8.71. The first-order valence-corrected chi connectivity index (χ1v) is 10.7. The summed E-state index contributed by atoms with van der Waals surface area (Å²) in [7, 11) is 0. The average molecular weight is 383 g/mol. The van der Waals surface area contributed by atoms with Crippen molar-refractivity contribution >= 4 is 0 Å².